The van der Waals surface area contributed by atoms with Crippen LogP contribution in [0.5, 0.6) is 0 Å². The molecule has 1 saturated carbocycles. The van der Waals surface area contributed by atoms with Crippen molar-refractivity contribution in [2.24, 2.45) is 5.92 Å². The molecule has 1 atom stereocenters. The molecule has 82 valence electrons. The van der Waals surface area contributed by atoms with Crippen molar-refractivity contribution in [1.82, 2.24) is 15.1 Å². The van der Waals surface area contributed by atoms with Crippen LogP contribution in [-0.2, 0) is 11.3 Å². The topological polar surface area (TPSA) is 67.2 Å². The summed E-state index contributed by atoms with van der Waals surface area (Å²) < 4.78 is 1.67. The molecule has 1 unspecified atom stereocenters. The fraction of sp³-hybridized carbons (Fsp3) is 0.600. The Labute approximate surface area is 88.1 Å². The van der Waals surface area contributed by atoms with Gasteiger partial charge in [0.05, 0.1) is 6.54 Å². The van der Waals surface area contributed by atoms with Crippen molar-refractivity contribution >= 4 is 5.97 Å². The average molecular weight is 209 g/mol. The monoisotopic (exact) mass is 209 g/mol. The first-order valence-electron chi connectivity index (χ1n) is 5.09. The van der Waals surface area contributed by atoms with Crippen molar-refractivity contribution < 1.29 is 9.90 Å². The summed E-state index contributed by atoms with van der Waals surface area (Å²) in [7, 11) is 1.70. The van der Waals surface area contributed by atoms with E-state index in [0.717, 1.165) is 12.8 Å². The minimum Gasteiger partial charge on any atom is -0.480 e. The molecule has 15 heavy (non-hydrogen) atoms. The summed E-state index contributed by atoms with van der Waals surface area (Å²) in [5.74, 6) is -0.563. The maximum absolute atomic E-state index is 11.4. The number of hydrogen-bond donors (Lipinski definition) is 2. The van der Waals surface area contributed by atoms with E-state index < -0.39 is 11.5 Å². The van der Waals surface area contributed by atoms with Crippen LogP contribution in [-0.4, -0.2) is 33.4 Å². The van der Waals surface area contributed by atoms with Crippen molar-refractivity contribution in [3.8, 4) is 0 Å². The van der Waals surface area contributed by atoms with E-state index in [-0.39, 0.29) is 5.92 Å². The summed E-state index contributed by atoms with van der Waals surface area (Å²) in [5.41, 5.74) is -0.855. The molecular weight excluding hydrogens is 194 g/mol. The Morgan fingerprint density at radius 1 is 1.73 bits per heavy atom. The summed E-state index contributed by atoms with van der Waals surface area (Å²) in [6, 6.07) is 1.80. The highest BCUT2D eigenvalue weighted by atomic mass is 16.4. The van der Waals surface area contributed by atoms with Gasteiger partial charge in [-0.2, -0.15) is 5.10 Å². The number of rotatable bonds is 5. The smallest absolute Gasteiger partial charge is 0.326 e. The zero-order valence-electron chi connectivity index (χ0n) is 8.68. The molecule has 1 aliphatic carbocycles. The quantitative estimate of drug-likeness (QED) is 0.733. The fourth-order valence-corrected chi connectivity index (χ4v) is 1.99. The third-order valence-corrected chi connectivity index (χ3v) is 3.07. The van der Waals surface area contributed by atoms with E-state index in [1.165, 1.54) is 0 Å². The number of hydrogen-bond acceptors (Lipinski definition) is 3. The van der Waals surface area contributed by atoms with Crippen LogP contribution in [0.2, 0.25) is 0 Å². The highest BCUT2D eigenvalue weighted by Gasteiger charge is 2.50. The predicted molar refractivity (Wildman–Crippen MR) is 54.4 cm³/mol. The van der Waals surface area contributed by atoms with Gasteiger partial charge in [0.2, 0.25) is 0 Å². The number of nitrogens with one attached hydrogen (secondary N) is 1. The summed E-state index contributed by atoms with van der Waals surface area (Å²) >= 11 is 0. The van der Waals surface area contributed by atoms with E-state index in [2.05, 4.69) is 10.4 Å². The highest BCUT2D eigenvalue weighted by molar-refractivity contribution is 5.79. The molecule has 0 aromatic carbocycles. The molecule has 2 rings (SSSR count). The van der Waals surface area contributed by atoms with Gasteiger partial charge in [-0.3, -0.25) is 9.48 Å². The van der Waals surface area contributed by atoms with Crippen molar-refractivity contribution in [1.29, 1.82) is 0 Å². The first-order valence-corrected chi connectivity index (χ1v) is 5.09. The molecule has 0 aliphatic heterocycles. The Morgan fingerprint density at radius 2 is 2.47 bits per heavy atom. The van der Waals surface area contributed by atoms with Crippen LogP contribution < -0.4 is 5.32 Å². The lowest BCUT2D eigenvalue weighted by Gasteiger charge is -2.28. The second-order valence-electron chi connectivity index (χ2n) is 4.00. The largest absolute Gasteiger partial charge is 0.480 e. The van der Waals surface area contributed by atoms with Gasteiger partial charge in [0.25, 0.3) is 0 Å². The zero-order valence-corrected chi connectivity index (χ0v) is 8.68. The second-order valence-corrected chi connectivity index (χ2v) is 4.00. The standard InChI is InChI=1S/C10H15N3O2/c1-11-10(9(14)15,8-3-4-8)7-13-6-2-5-12-13/h2,5-6,8,11H,3-4,7H2,1H3,(H,14,15). The number of carboxylic acids is 1. The lowest BCUT2D eigenvalue weighted by molar-refractivity contribution is -0.146. The SMILES string of the molecule is CNC(Cn1cccn1)(C(=O)O)C1CC1. The van der Waals surface area contributed by atoms with Crippen LogP contribution in [0.4, 0.5) is 0 Å². The molecule has 1 heterocycles. The van der Waals surface area contributed by atoms with E-state index in [4.69, 9.17) is 0 Å². The van der Waals surface area contributed by atoms with Gasteiger partial charge in [-0.1, -0.05) is 0 Å². The first kappa shape index (κ1) is 10.2. The number of carboxylic acid groups (broad SMARTS) is 1. The third kappa shape index (κ3) is 1.74. The van der Waals surface area contributed by atoms with Crippen LogP contribution >= 0.6 is 0 Å². The van der Waals surface area contributed by atoms with Crippen LogP contribution in [0.3, 0.4) is 0 Å². The molecule has 1 aliphatic rings. The molecule has 5 nitrogen and oxygen atoms in total. The van der Waals surface area contributed by atoms with Gasteiger partial charge in [-0.05, 0) is 31.9 Å². The van der Waals surface area contributed by atoms with Gasteiger partial charge in [0, 0.05) is 12.4 Å². The number of nitrogens with zero attached hydrogens (tertiary/aromatic N) is 2. The predicted octanol–water partition coefficient (Wildman–Crippen LogP) is 0.336. The molecule has 0 amide bonds. The molecule has 0 radical (unpaired) electrons. The number of likely N-dealkylation sites (N-methyl/N-ethyl adjacent to an activating group) is 1. The molecule has 1 aromatic rings. The Morgan fingerprint density at radius 3 is 2.87 bits per heavy atom. The van der Waals surface area contributed by atoms with Crippen molar-refractivity contribution in [2.45, 2.75) is 24.9 Å². The first-order chi connectivity index (χ1) is 7.19. The van der Waals surface area contributed by atoms with Crippen molar-refractivity contribution in [2.75, 3.05) is 7.05 Å². The van der Waals surface area contributed by atoms with Gasteiger partial charge in [-0.15, -0.1) is 0 Å². The second kappa shape index (κ2) is 3.66. The molecule has 1 aromatic heterocycles. The van der Waals surface area contributed by atoms with Gasteiger partial charge < -0.3 is 10.4 Å². The fourth-order valence-electron chi connectivity index (χ4n) is 1.99. The lowest BCUT2D eigenvalue weighted by atomic mass is 9.93. The maximum atomic E-state index is 11.4. The zero-order chi connectivity index (χ0) is 10.9. The third-order valence-electron chi connectivity index (χ3n) is 3.07. The summed E-state index contributed by atoms with van der Waals surface area (Å²) in [6.07, 6.45) is 5.41. The van der Waals surface area contributed by atoms with E-state index in [0.29, 0.717) is 6.54 Å². The van der Waals surface area contributed by atoms with E-state index in [1.54, 1.807) is 30.2 Å². The summed E-state index contributed by atoms with van der Waals surface area (Å²) in [4.78, 5) is 11.4. The normalized spacial score (nSPS) is 19.8. The van der Waals surface area contributed by atoms with E-state index >= 15 is 0 Å². The molecule has 2 N–H and O–H groups in total. The Hall–Kier alpha value is -1.36. The molecule has 0 bridgehead atoms. The highest BCUT2D eigenvalue weighted by Crippen LogP contribution is 2.40. The van der Waals surface area contributed by atoms with Crippen LogP contribution in [0, 0.1) is 5.92 Å². The lowest BCUT2D eigenvalue weighted by Crippen LogP contribution is -2.55. The van der Waals surface area contributed by atoms with Gasteiger partial charge in [0.15, 0.2) is 0 Å². The minimum atomic E-state index is -0.855. The Bertz CT molecular complexity index is 346. The van der Waals surface area contributed by atoms with Crippen LogP contribution in [0.1, 0.15) is 12.8 Å². The minimum absolute atomic E-state index is 0.226. The summed E-state index contributed by atoms with van der Waals surface area (Å²) in [6.45, 7) is 0.385. The maximum Gasteiger partial charge on any atom is 0.326 e. The van der Waals surface area contributed by atoms with Gasteiger partial charge in [-0.25, -0.2) is 0 Å². The molecule has 5 heteroatoms. The van der Waals surface area contributed by atoms with Crippen molar-refractivity contribution in [3.05, 3.63) is 18.5 Å². The average Bonchev–Trinajstić information content (AvgIpc) is 2.94. The molecule has 0 saturated heterocycles. The Balaban J connectivity index is 2.21. The number of aliphatic carboxylic acids is 1. The molecule has 0 spiro atoms. The van der Waals surface area contributed by atoms with Crippen LogP contribution in [0.15, 0.2) is 18.5 Å². The Kier molecular flexibility index (Phi) is 2.48. The van der Waals surface area contributed by atoms with E-state index in [1.807, 2.05) is 0 Å². The van der Waals surface area contributed by atoms with E-state index in [9.17, 15) is 9.90 Å². The number of carbonyl (C=O) groups is 1. The molecule has 1 fully saturated rings. The van der Waals surface area contributed by atoms with Gasteiger partial charge >= 0.3 is 5.97 Å². The summed E-state index contributed by atoms with van der Waals surface area (Å²) in [5, 5.41) is 16.3. The van der Waals surface area contributed by atoms with Crippen LogP contribution in [0.25, 0.3) is 0 Å². The van der Waals surface area contributed by atoms with Gasteiger partial charge in [0.1, 0.15) is 5.54 Å². The number of aromatic nitrogens is 2. The molecular formula is C10H15N3O2. The van der Waals surface area contributed by atoms with Crippen molar-refractivity contribution in [3.63, 3.8) is 0 Å².